The number of benzene rings is 2. The number of nitrogens with two attached hydrogens (primary N) is 1. The van der Waals surface area contributed by atoms with Crippen LogP contribution in [-0.4, -0.2) is 15.1 Å². The number of nitrogen functional groups attached to an aromatic ring is 1. The lowest BCUT2D eigenvalue weighted by Gasteiger charge is -2.16. The molecular weight excluding hydrogens is 454 g/mol. The van der Waals surface area contributed by atoms with Gasteiger partial charge in [0, 0.05) is 32.2 Å². The monoisotopic (exact) mass is 469 g/mol. The quantitative estimate of drug-likeness (QED) is 0.264. The second-order valence-electron chi connectivity index (χ2n) is 6.59. The summed E-state index contributed by atoms with van der Waals surface area (Å²) in [6.45, 7) is 1.09. The van der Waals surface area contributed by atoms with Gasteiger partial charge in [-0.2, -0.15) is 13.2 Å². The van der Waals surface area contributed by atoms with E-state index in [1.165, 1.54) is 24.3 Å². The van der Waals surface area contributed by atoms with Crippen molar-refractivity contribution in [3.63, 3.8) is 0 Å². The minimum Gasteiger partial charge on any atom is -0.451 e. The second kappa shape index (κ2) is 8.68. The molecule has 2 N–H and O–H groups in total. The molecule has 0 aliphatic rings. The van der Waals surface area contributed by atoms with E-state index in [1.807, 2.05) is 0 Å². The third-order valence-electron chi connectivity index (χ3n) is 4.25. The van der Waals surface area contributed by atoms with Crippen molar-refractivity contribution in [2.45, 2.75) is 13.1 Å². The highest BCUT2D eigenvalue weighted by Gasteiger charge is 2.35. The van der Waals surface area contributed by atoms with Gasteiger partial charge in [-0.05, 0) is 12.1 Å². The summed E-state index contributed by atoms with van der Waals surface area (Å²) in [5.41, 5.74) is 0.438. The Hall–Kier alpha value is -4.29. The fourth-order valence-corrected chi connectivity index (χ4v) is 2.76. The number of ether oxygens (including phenoxy) is 1. The summed E-state index contributed by atoms with van der Waals surface area (Å²) in [7, 11) is 0.788. The number of nitrogens with zero attached hydrogens (tertiary/aromatic N) is 2. The summed E-state index contributed by atoms with van der Waals surface area (Å²) in [4.78, 5) is 45.1. The molecule has 0 amide bonds. The van der Waals surface area contributed by atoms with E-state index in [4.69, 9.17) is 15.4 Å². The van der Waals surface area contributed by atoms with Crippen molar-refractivity contribution < 1.29 is 36.9 Å². The fourth-order valence-electron chi connectivity index (χ4n) is 2.76. The van der Waals surface area contributed by atoms with Crippen LogP contribution in [0.2, 0.25) is 0 Å². The number of aromatic nitrogens is 2. The zero-order valence-electron chi connectivity index (χ0n) is 17.0. The van der Waals surface area contributed by atoms with Gasteiger partial charge in [0.2, 0.25) is 5.75 Å². The topological polar surface area (TPSA) is 115 Å². The van der Waals surface area contributed by atoms with Crippen molar-refractivity contribution in [2.24, 2.45) is 7.05 Å². The van der Waals surface area contributed by atoms with E-state index in [-0.39, 0.29) is 38.1 Å². The average molecular weight is 469 g/mol. The van der Waals surface area contributed by atoms with Crippen molar-refractivity contribution in [3.05, 3.63) is 74.8 Å². The minimum atomic E-state index is -4.98. The van der Waals surface area contributed by atoms with Crippen molar-refractivity contribution >= 4 is 11.7 Å². The van der Waals surface area contributed by atoms with Gasteiger partial charge in [0.15, 0.2) is 11.5 Å². The van der Waals surface area contributed by atoms with Crippen LogP contribution < -0.4 is 26.6 Å². The summed E-state index contributed by atoms with van der Waals surface area (Å²) in [5.74, 6) is -2.30. The van der Waals surface area contributed by atoms with Gasteiger partial charge >= 0.3 is 17.8 Å². The number of anilines is 1. The van der Waals surface area contributed by atoms with Crippen LogP contribution in [0.5, 0.6) is 17.2 Å². The van der Waals surface area contributed by atoms with Crippen molar-refractivity contribution in [2.75, 3.05) is 5.73 Å². The molecule has 0 saturated carbocycles. The Bertz CT molecular complexity index is 1350. The Morgan fingerprint density at radius 2 is 1.67 bits per heavy atom. The number of carbonyl (C=O) groups excluding carboxylic acids is 1. The van der Waals surface area contributed by atoms with Crippen molar-refractivity contribution in [1.82, 2.24) is 9.13 Å². The molecule has 1 aromatic heterocycles. The van der Waals surface area contributed by atoms with Crippen LogP contribution in [0.15, 0.2) is 52.1 Å². The van der Waals surface area contributed by atoms with Crippen LogP contribution in [0.1, 0.15) is 12.6 Å². The standard InChI is InChI=1S/C20H15F4N3O6/c1-10(28)32-33-15-6-4-3-5-14(15)31-16-8-13(11(21)7-12(16)25)27-18(29)9-17(20(22,23)24)26(2)19(27)30/h3-9H,25H2,1-2H3. The average Bonchev–Trinajstić information content (AvgIpc) is 2.72. The number of hydrogen-bond donors (Lipinski definition) is 1. The van der Waals surface area contributed by atoms with Crippen LogP contribution in [0.3, 0.4) is 0 Å². The molecule has 0 aliphatic heterocycles. The number of para-hydroxylation sites is 2. The molecule has 0 spiro atoms. The molecule has 0 bridgehead atoms. The molecule has 1 heterocycles. The Morgan fingerprint density at radius 1 is 1.03 bits per heavy atom. The van der Waals surface area contributed by atoms with E-state index in [1.54, 1.807) is 0 Å². The van der Waals surface area contributed by atoms with E-state index >= 15 is 0 Å². The maximum atomic E-state index is 14.6. The van der Waals surface area contributed by atoms with Crippen LogP contribution >= 0.6 is 0 Å². The maximum absolute atomic E-state index is 14.6. The fraction of sp³-hybridized carbons (Fsp3) is 0.150. The summed E-state index contributed by atoms with van der Waals surface area (Å²) in [5, 5.41) is 0. The molecule has 33 heavy (non-hydrogen) atoms. The second-order valence-corrected chi connectivity index (χ2v) is 6.59. The molecule has 2 aromatic carbocycles. The molecule has 0 radical (unpaired) electrons. The molecular formula is C20H15F4N3O6. The molecule has 3 aromatic rings. The number of carbonyl (C=O) groups is 1. The molecule has 13 heteroatoms. The third kappa shape index (κ3) is 4.81. The predicted molar refractivity (Wildman–Crippen MR) is 106 cm³/mol. The zero-order chi connectivity index (χ0) is 24.5. The Morgan fingerprint density at radius 3 is 2.27 bits per heavy atom. The Balaban J connectivity index is 2.12. The largest absolute Gasteiger partial charge is 0.451 e. The highest BCUT2D eigenvalue weighted by molar-refractivity contribution is 5.65. The molecule has 0 unspecified atom stereocenters. The van der Waals surface area contributed by atoms with E-state index in [0.29, 0.717) is 0 Å². The lowest BCUT2D eigenvalue weighted by molar-refractivity contribution is -0.211. The van der Waals surface area contributed by atoms with Gasteiger partial charge in [-0.25, -0.2) is 18.5 Å². The summed E-state index contributed by atoms with van der Waals surface area (Å²) in [6, 6.07) is 7.55. The molecule has 174 valence electrons. The Labute approximate surface area is 182 Å². The van der Waals surface area contributed by atoms with Gasteiger partial charge in [-0.15, -0.1) is 0 Å². The number of alkyl halides is 3. The van der Waals surface area contributed by atoms with Crippen LogP contribution in [0.25, 0.3) is 5.69 Å². The van der Waals surface area contributed by atoms with Gasteiger partial charge in [0.05, 0.1) is 11.4 Å². The lowest BCUT2D eigenvalue weighted by Crippen LogP contribution is -2.41. The Kier molecular flexibility index (Phi) is 6.15. The van der Waals surface area contributed by atoms with E-state index < -0.39 is 40.6 Å². The van der Waals surface area contributed by atoms with Crippen molar-refractivity contribution in [3.8, 4) is 22.9 Å². The molecule has 0 aliphatic carbocycles. The van der Waals surface area contributed by atoms with Crippen LogP contribution in [-0.2, 0) is 22.9 Å². The number of hydrogen-bond acceptors (Lipinski definition) is 7. The smallest absolute Gasteiger partial charge is 0.431 e. The highest BCUT2D eigenvalue weighted by atomic mass is 19.4. The summed E-state index contributed by atoms with van der Waals surface area (Å²) in [6.07, 6.45) is -4.98. The predicted octanol–water partition coefficient (Wildman–Crippen LogP) is 2.93. The van der Waals surface area contributed by atoms with Gasteiger partial charge in [0.1, 0.15) is 11.5 Å². The van der Waals surface area contributed by atoms with E-state index in [9.17, 15) is 31.9 Å². The van der Waals surface area contributed by atoms with Crippen LogP contribution in [0, 0.1) is 5.82 Å². The number of halogens is 4. The lowest BCUT2D eigenvalue weighted by atomic mass is 10.2. The highest BCUT2D eigenvalue weighted by Crippen LogP contribution is 2.36. The van der Waals surface area contributed by atoms with Gasteiger partial charge < -0.3 is 10.5 Å². The minimum absolute atomic E-state index is 0.0457. The first-order chi connectivity index (χ1) is 15.4. The first-order valence-corrected chi connectivity index (χ1v) is 9.01. The normalized spacial score (nSPS) is 11.2. The first-order valence-electron chi connectivity index (χ1n) is 9.01. The van der Waals surface area contributed by atoms with Crippen LogP contribution in [0.4, 0.5) is 23.2 Å². The SMILES string of the molecule is CC(=O)OOc1ccccc1Oc1cc(-n2c(=O)cc(C(F)(F)F)n(C)c2=O)c(F)cc1N. The van der Waals surface area contributed by atoms with Crippen molar-refractivity contribution in [1.29, 1.82) is 0 Å². The van der Waals surface area contributed by atoms with E-state index in [2.05, 4.69) is 4.89 Å². The molecule has 0 fully saturated rings. The maximum Gasteiger partial charge on any atom is 0.431 e. The molecule has 3 rings (SSSR count). The third-order valence-corrected chi connectivity index (χ3v) is 4.25. The van der Waals surface area contributed by atoms with Gasteiger partial charge in [-0.1, -0.05) is 12.1 Å². The molecule has 0 atom stereocenters. The summed E-state index contributed by atoms with van der Waals surface area (Å²) >= 11 is 0. The molecule has 0 saturated heterocycles. The summed E-state index contributed by atoms with van der Waals surface area (Å²) < 4.78 is 59.8. The number of rotatable bonds is 5. The molecule has 9 nitrogen and oxygen atoms in total. The zero-order valence-corrected chi connectivity index (χ0v) is 17.0. The van der Waals surface area contributed by atoms with Gasteiger partial charge in [0.25, 0.3) is 5.56 Å². The van der Waals surface area contributed by atoms with E-state index in [0.717, 1.165) is 26.1 Å². The van der Waals surface area contributed by atoms with Gasteiger partial charge in [-0.3, -0.25) is 19.1 Å². The first kappa shape index (κ1) is 23.4.